The molecule has 2 aliphatic rings. The Kier molecular flexibility index (Phi) is 4.72. The summed E-state index contributed by atoms with van der Waals surface area (Å²) in [6.07, 6.45) is 0. The Hall–Kier alpha value is -3.97. The highest BCUT2D eigenvalue weighted by Gasteiger charge is 2.23. The Bertz CT molecular complexity index is 1480. The van der Waals surface area contributed by atoms with E-state index in [4.69, 9.17) is 16.3 Å². The van der Waals surface area contributed by atoms with E-state index in [0.717, 1.165) is 5.56 Å². The molecule has 0 unspecified atom stereocenters. The zero-order chi connectivity index (χ0) is 21.4. The summed E-state index contributed by atoms with van der Waals surface area (Å²) in [7, 11) is 0. The van der Waals surface area contributed by atoms with E-state index < -0.39 is 11.2 Å². The predicted molar refractivity (Wildman–Crippen MR) is 118 cm³/mol. The molecule has 152 valence electrons. The van der Waals surface area contributed by atoms with Gasteiger partial charge in [-0.1, -0.05) is 65.2 Å². The molecule has 0 aliphatic carbocycles. The van der Waals surface area contributed by atoms with Crippen molar-refractivity contribution in [3.8, 4) is 17.3 Å². The van der Waals surface area contributed by atoms with Crippen LogP contribution < -0.4 is 16.0 Å². The van der Waals surface area contributed by atoms with Crippen LogP contribution in [-0.4, -0.2) is 19.3 Å². The first kappa shape index (κ1) is 19.0. The van der Waals surface area contributed by atoms with Gasteiger partial charge in [-0.05, 0) is 35.9 Å². The summed E-state index contributed by atoms with van der Waals surface area (Å²) >= 11 is 6.25. The van der Waals surface area contributed by atoms with Crippen LogP contribution in [0.5, 0.6) is 5.75 Å². The molecule has 31 heavy (non-hydrogen) atoms. The maximum Gasteiger partial charge on any atom is 0.372 e. The van der Waals surface area contributed by atoms with E-state index in [2.05, 4.69) is 10.2 Å². The lowest BCUT2D eigenvalue weighted by molar-refractivity contribution is 0.300. The van der Waals surface area contributed by atoms with Gasteiger partial charge in [-0.25, -0.2) is 9.36 Å². The van der Waals surface area contributed by atoms with Crippen LogP contribution in [0.25, 0.3) is 22.5 Å². The molecule has 0 radical (unpaired) electrons. The highest BCUT2D eigenvalue weighted by molar-refractivity contribution is 6.31. The van der Waals surface area contributed by atoms with Crippen molar-refractivity contribution in [1.82, 2.24) is 19.3 Å². The molecule has 3 aromatic carbocycles. The molecule has 0 aromatic heterocycles. The Balaban J connectivity index is 1.86. The summed E-state index contributed by atoms with van der Waals surface area (Å²) in [6.45, 7) is 0.128. The molecule has 0 atom stereocenters. The molecule has 0 N–H and O–H groups in total. The van der Waals surface area contributed by atoms with Crippen LogP contribution in [0.15, 0.2) is 88.5 Å². The van der Waals surface area contributed by atoms with E-state index in [1.165, 1.54) is 9.13 Å². The molecule has 2 aliphatic heterocycles. The van der Waals surface area contributed by atoms with Crippen molar-refractivity contribution in [1.29, 1.82) is 0 Å². The number of hydrogen-bond donors (Lipinski definition) is 0. The number of aromatic nitrogens is 4. The van der Waals surface area contributed by atoms with E-state index in [0.29, 0.717) is 21.7 Å². The third-order valence-corrected chi connectivity index (χ3v) is 5.13. The number of benzene rings is 3. The van der Waals surface area contributed by atoms with E-state index in [-0.39, 0.29) is 18.2 Å². The SMILES string of the molecule is O=c1nnc2c(OCc3ccccc3)c(=O)n(-c3ccccc3)c3cc(Cl)ccc3n1-2. The normalized spacial score (nSPS) is 11.1. The second-order valence-corrected chi connectivity index (χ2v) is 7.29. The first-order chi connectivity index (χ1) is 15.1. The van der Waals surface area contributed by atoms with E-state index in [9.17, 15) is 9.59 Å². The highest BCUT2D eigenvalue weighted by Crippen LogP contribution is 2.26. The number of hydrogen-bond acceptors (Lipinski definition) is 5. The summed E-state index contributed by atoms with van der Waals surface area (Å²) in [5.41, 5.74) is 1.25. The molecule has 0 saturated carbocycles. The fraction of sp³-hybridized carbons (Fsp3) is 0.0435. The Morgan fingerprint density at radius 3 is 2.26 bits per heavy atom. The van der Waals surface area contributed by atoms with Gasteiger partial charge < -0.3 is 4.74 Å². The second kappa shape index (κ2) is 7.70. The van der Waals surface area contributed by atoms with Crippen LogP contribution in [-0.2, 0) is 6.61 Å². The largest absolute Gasteiger partial charge is 0.480 e. The van der Waals surface area contributed by atoms with E-state index in [1.807, 2.05) is 48.5 Å². The van der Waals surface area contributed by atoms with Crippen molar-refractivity contribution >= 4 is 22.6 Å². The Labute approximate surface area is 181 Å². The van der Waals surface area contributed by atoms with Crippen molar-refractivity contribution in [2.45, 2.75) is 6.61 Å². The van der Waals surface area contributed by atoms with Crippen molar-refractivity contribution in [3.05, 3.63) is 110 Å². The molecule has 5 rings (SSSR count). The zero-order valence-corrected chi connectivity index (χ0v) is 16.9. The van der Waals surface area contributed by atoms with Crippen LogP contribution in [0.4, 0.5) is 0 Å². The minimum atomic E-state index is -0.609. The first-order valence-electron chi connectivity index (χ1n) is 9.49. The summed E-state index contributed by atoms with van der Waals surface area (Å²) in [4.78, 5) is 26.3. The third-order valence-electron chi connectivity index (χ3n) is 4.89. The highest BCUT2D eigenvalue weighted by atomic mass is 35.5. The lowest BCUT2D eigenvalue weighted by Crippen LogP contribution is -2.19. The lowest BCUT2D eigenvalue weighted by Gasteiger charge is -2.08. The molecule has 8 heteroatoms. The van der Waals surface area contributed by atoms with Crippen molar-refractivity contribution in [2.75, 3.05) is 0 Å². The van der Waals surface area contributed by atoms with Crippen molar-refractivity contribution in [3.63, 3.8) is 0 Å². The number of halogens is 1. The van der Waals surface area contributed by atoms with Crippen LogP contribution in [0.2, 0.25) is 5.02 Å². The Morgan fingerprint density at radius 1 is 0.806 bits per heavy atom. The fourth-order valence-corrected chi connectivity index (χ4v) is 3.66. The molecule has 2 heterocycles. The maximum absolute atomic E-state index is 13.8. The molecule has 0 amide bonds. The summed E-state index contributed by atoms with van der Waals surface area (Å²) < 4.78 is 8.68. The topological polar surface area (TPSA) is 79.0 Å². The minimum Gasteiger partial charge on any atom is -0.480 e. The van der Waals surface area contributed by atoms with Gasteiger partial charge in [0.05, 0.1) is 11.0 Å². The van der Waals surface area contributed by atoms with Crippen LogP contribution in [0.1, 0.15) is 5.56 Å². The zero-order valence-electron chi connectivity index (χ0n) is 16.1. The number of nitrogens with zero attached hydrogens (tertiary/aromatic N) is 4. The van der Waals surface area contributed by atoms with Crippen molar-refractivity contribution < 1.29 is 4.74 Å². The van der Waals surface area contributed by atoms with Crippen LogP contribution in [0.3, 0.4) is 0 Å². The standard InChI is InChI=1S/C23H15ClN4O3/c24-16-11-12-18-19(13-16)27(17-9-5-2-6-10-17)22(29)20(21-25-26-23(30)28(18)21)31-14-15-7-3-1-4-8-15/h1-13H,14H2. The van der Waals surface area contributed by atoms with Gasteiger partial charge >= 0.3 is 11.2 Å². The lowest BCUT2D eigenvalue weighted by atomic mass is 10.2. The van der Waals surface area contributed by atoms with Gasteiger partial charge in [-0.15, -0.1) is 5.10 Å². The van der Waals surface area contributed by atoms with Gasteiger partial charge in [0.25, 0.3) is 0 Å². The molecule has 0 fully saturated rings. The van der Waals surface area contributed by atoms with Gasteiger partial charge in [0.2, 0.25) is 11.6 Å². The summed E-state index contributed by atoms with van der Waals surface area (Å²) in [6, 6.07) is 23.4. The van der Waals surface area contributed by atoms with Crippen LogP contribution >= 0.6 is 11.6 Å². The first-order valence-corrected chi connectivity index (χ1v) is 9.87. The predicted octanol–water partition coefficient (Wildman–Crippen LogP) is 3.60. The molecular weight excluding hydrogens is 416 g/mol. The smallest absolute Gasteiger partial charge is 0.372 e. The summed E-state index contributed by atoms with van der Waals surface area (Å²) in [5.74, 6) is -0.0254. The van der Waals surface area contributed by atoms with Gasteiger partial charge in [0.15, 0.2) is 0 Å². The third kappa shape index (κ3) is 3.35. The number of para-hydroxylation sites is 1. The molecule has 0 bridgehead atoms. The number of fused-ring (bicyclic) bond motifs is 3. The Morgan fingerprint density at radius 2 is 1.52 bits per heavy atom. The second-order valence-electron chi connectivity index (χ2n) is 6.85. The average Bonchev–Trinajstić information content (AvgIpc) is 3.12. The maximum atomic E-state index is 13.8. The van der Waals surface area contributed by atoms with Gasteiger partial charge in [-0.2, -0.15) is 0 Å². The van der Waals surface area contributed by atoms with Gasteiger partial charge in [0, 0.05) is 10.7 Å². The molecule has 0 saturated heterocycles. The molecule has 3 aromatic rings. The van der Waals surface area contributed by atoms with Gasteiger partial charge in [-0.3, -0.25) is 9.36 Å². The quantitative estimate of drug-likeness (QED) is 0.435. The average molecular weight is 431 g/mol. The molecule has 0 spiro atoms. The van der Waals surface area contributed by atoms with E-state index >= 15 is 0 Å². The number of rotatable bonds is 4. The number of ether oxygens (including phenoxy) is 1. The monoisotopic (exact) mass is 430 g/mol. The van der Waals surface area contributed by atoms with E-state index in [1.54, 1.807) is 30.3 Å². The van der Waals surface area contributed by atoms with Gasteiger partial charge in [0.1, 0.15) is 6.61 Å². The fourth-order valence-electron chi connectivity index (χ4n) is 3.50. The van der Waals surface area contributed by atoms with Crippen molar-refractivity contribution in [2.24, 2.45) is 0 Å². The molecular formula is C23H15ClN4O3. The van der Waals surface area contributed by atoms with Crippen LogP contribution in [0, 0.1) is 0 Å². The minimum absolute atomic E-state index is 0.0490. The molecule has 7 nitrogen and oxygen atoms in total. The summed E-state index contributed by atoms with van der Waals surface area (Å²) in [5, 5.41) is 8.04.